The second-order valence-electron chi connectivity index (χ2n) is 5.78. The van der Waals surface area contributed by atoms with Crippen LogP contribution in [-0.2, 0) is 20.2 Å². The summed E-state index contributed by atoms with van der Waals surface area (Å²) in [5, 5.41) is 26.2. The molecule has 0 amide bonds. The monoisotopic (exact) mass is 467 g/mol. The van der Waals surface area contributed by atoms with E-state index < -0.39 is 64.9 Å². The molecule has 3 rings (SSSR count). The minimum Gasteiger partial charge on any atom is -0.504 e. The second-order valence-corrected chi connectivity index (χ2v) is 8.59. The Kier molecular flexibility index (Phi) is 5.21. The maximum Gasteiger partial charge on any atom is 0.345 e. The fourth-order valence-corrected chi connectivity index (χ4v) is 3.65. The zero-order valence-corrected chi connectivity index (χ0v) is 16.4. The van der Waals surface area contributed by atoms with Crippen molar-refractivity contribution >= 4 is 54.4 Å². The number of aromatic carboxylic acids is 1. The number of aromatic nitrogens is 2. The van der Waals surface area contributed by atoms with Gasteiger partial charge in [-0.05, 0) is 23.6 Å². The number of benzene rings is 2. The van der Waals surface area contributed by atoms with Gasteiger partial charge in [0.2, 0.25) is 0 Å². The van der Waals surface area contributed by atoms with Gasteiger partial charge in [0.25, 0.3) is 26.1 Å². The Morgan fingerprint density at radius 3 is 2.29 bits per heavy atom. The fraction of sp³-hybridized carbons (Fsp3) is 0. The number of imidazole rings is 1. The lowest BCUT2D eigenvalue weighted by atomic mass is 10.1. The van der Waals surface area contributed by atoms with E-state index in [4.69, 9.17) is 11.7 Å². The molecule has 0 saturated heterocycles. The number of aromatic hydroxyl groups is 1. The van der Waals surface area contributed by atoms with Crippen molar-refractivity contribution in [3.8, 4) is 5.75 Å². The van der Waals surface area contributed by atoms with Crippen molar-refractivity contribution in [1.29, 1.82) is 0 Å². The molecule has 16 heteroatoms. The quantitative estimate of drug-likeness (QED) is 0.209. The zero-order chi connectivity index (χ0) is 23.1. The first kappa shape index (κ1) is 21.8. The first-order valence-electron chi connectivity index (χ1n) is 7.70. The van der Waals surface area contributed by atoms with Crippen LogP contribution in [-0.4, -0.2) is 52.1 Å². The largest absolute Gasteiger partial charge is 0.504 e. The van der Waals surface area contributed by atoms with E-state index in [9.17, 15) is 35.8 Å². The van der Waals surface area contributed by atoms with Gasteiger partial charge in [-0.25, -0.2) is 4.79 Å². The Morgan fingerprint density at radius 2 is 1.77 bits per heavy atom. The summed E-state index contributed by atoms with van der Waals surface area (Å²) in [5.41, 5.74) is -1.20. The molecule has 0 atom stereocenters. The number of nitrogens with one attached hydrogen (secondary N) is 1. The van der Waals surface area contributed by atoms with E-state index in [0.29, 0.717) is 0 Å². The van der Waals surface area contributed by atoms with Crippen LogP contribution < -0.4 is 0 Å². The van der Waals surface area contributed by atoms with E-state index in [1.807, 2.05) is 0 Å². The molecule has 0 aliphatic heterocycles. The third-order valence-corrected chi connectivity index (χ3v) is 5.55. The summed E-state index contributed by atoms with van der Waals surface area (Å²) >= 11 is 0. The Labute approximate surface area is 172 Å². The number of aromatic amines is 1. The highest BCUT2D eigenvalue weighted by molar-refractivity contribution is 7.86. The van der Waals surface area contributed by atoms with Crippen molar-refractivity contribution in [3.63, 3.8) is 0 Å². The minimum atomic E-state index is -5.00. The molecule has 3 aromatic rings. The normalized spacial score (nSPS) is 12.3. The number of rotatable bonds is 5. The van der Waals surface area contributed by atoms with Gasteiger partial charge in [-0.3, -0.25) is 14.1 Å². The van der Waals surface area contributed by atoms with Crippen LogP contribution in [0.5, 0.6) is 5.75 Å². The summed E-state index contributed by atoms with van der Waals surface area (Å²) in [6.07, 6.45) is 0. The molecule has 0 aliphatic rings. The van der Waals surface area contributed by atoms with Crippen molar-refractivity contribution in [2.24, 2.45) is 10.2 Å². The SMILES string of the molecule is [C-]#[N+]c1[nH]c(N=Nc2c(O)c(S(=O)(=O)O)cc3cc(S(=O)(=O)O)ccc23)nc1C(=O)O. The summed E-state index contributed by atoms with van der Waals surface area (Å²) in [4.78, 5) is 18.1. The molecule has 2 aromatic carbocycles. The fourth-order valence-electron chi connectivity index (χ4n) is 2.51. The number of hydrogen-bond acceptors (Lipinski definition) is 9. The van der Waals surface area contributed by atoms with E-state index in [1.54, 1.807) is 0 Å². The highest BCUT2D eigenvalue weighted by Gasteiger charge is 2.23. The van der Waals surface area contributed by atoms with Crippen LogP contribution in [0, 0.1) is 6.57 Å². The van der Waals surface area contributed by atoms with E-state index in [2.05, 4.69) is 25.0 Å². The summed E-state index contributed by atoms with van der Waals surface area (Å²) in [7, 11) is -9.66. The average Bonchev–Trinajstić information content (AvgIpc) is 3.08. The molecule has 0 saturated carbocycles. The van der Waals surface area contributed by atoms with E-state index in [-0.39, 0.29) is 10.8 Å². The molecule has 1 heterocycles. The first-order valence-corrected chi connectivity index (χ1v) is 10.6. The van der Waals surface area contributed by atoms with E-state index in [1.165, 1.54) is 0 Å². The number of fused-ring (bicyclic) bond motifs is 1. The van der Waals surface area contributed by atoms with Gasteiger partial charge in [0.15, 0.2) is 11.4 Å². The van der Waals surface area contributed by atoms with Crippen molar-refractivity contribution in [1.82, 2.24) is 9.97 Å². The van der Waals surface area contributed by atoms with Gasteiger partial charge >= 0.3 is 11.9 Å². The van der Waals surface area contributed by atoms with Crippen LogP contribution in [0.1, 0.15) is 10.5 Å². The van der Waals surface area contributed by atoms with Crippen molar-refractivity contribution in [2.75, 3.05) is 0 Å². The summed E-state index contributed by atoms with van der Waals surface area (Å²) in [6, 6.07) is 3.63. The second kappa shape index (κ2) is 7.41. The van der Waals surface area contributed by atoms with Crippen molar-refractivity contribution in [3.05, 3.63) is 41.4 Å². The number of phenols is 1. The van der Waals surface area contributed by atoms with Crippen LogP contribution in [0.3, 0.4) is 0 Å². The van der Waals surface area contributed by atoms with Crippen LogP contribution >= 0.6 is 0 Å². The molecule has 0 spiro atoms. The predicted molar refractivity (Wildman–Crippen MR) is 101 cm³/mol. The lowest BCUT2D eigenvalue weighted by Gasteiger charge is -2.09. The Hall–Kier alpha value is -3.91. The van der Waals surface area contributed by atoms with Crippen LogP contribution in [0.2, 0.25) is 0 Å². The molecule has 14 nitrogen and oxygen atoms in total. The zero-order valence-electron chi connectivity index (χ0n) is 14.7. The maximum absolute atomic E-state index is 11.6. The standard InChI is InChI=1S/C15H9N5O9S2/c1-16-13-11(14(22)23)17-15(18-13)20-19-10-8-3-2-7(30(24,25)26)4-6(8)5-9(12(10)21)31(27,28)29/h2-5,21H,(H,17,18)(H,22,23)(H,24,25,26)(H,27,28,29). The number of phenolic OH excluding ortho intramolecular Hbond substituents is 1. The number of carboxylic acids is 1. The molecule has 1 aromatic heterocycles. The van der Waals surface area contributed by atoms with Gasteiger partial charge in [0, 0.05) is 5.39 Å². The number of azo groups is 1. The van der Waals surface area contributed by atoms with Crippen LogP contribution in [0.15, 0.2) is 44.3 Å². The van der Waals surface area contributed by atoms with E-state index in [0.717, 1.165) is 24.3 Å². The maximum atomic E-state index is 11.6. The molecule has 0 aliphatic carbocycles. The van der Waals surface area contributed by atoms with Crippen LogP contribution in [0.4, 0.5) is 17.5 Å². The van der Waals surface area contributed by atoms with Crippen molar-refractivity contribution in [2.45, 2.75) is 9.79 Å². The molecule has 160 valence electrons. The summed E-state index contributed by atoms with van der Waals surface area (Å²) in [6.45, 7) is 6.91. The third-order valence-electron chi connectivity index (χ3n) is 3.83. The van der Waals surface area contributed by atoms with Gasteiger partial charge in [0.05, 0.1) is 4.90 Å². The lowest BCUT2D eigenvalue weighted by Crippen LogP contribution is -2.00. The van der Waals surface area contributed by atoms with E-state index >= 15 is 0 Å². The highest BCUT2D eigenvalue weighted by atomic mass is 32.2. The molecular formula is C15H9N5O9S2. The Morgan fingerprint density at radius 1 is 1.10 bits per heavy atom. The van der Waals surface area contributed by atoms with Crippen molar-refractivity contribution < 1.29 is 40.9 Å². The third kappa shape index (κ3) is 4.19. The molecular weight excluding hydrogens is 458 g/mol. The predicted octanol–water partition coefficient (Wildman–Crippen LogP) is 2.43. The van der Waals surface area contributed by atoms with Gasteiger partial charge in [0.1, 0.15) is 10.6 Å². The average molecular weight is 467 g/mol. The minimum absolute atomic E-state index is 0.0449. The van der Waals surface area contributed by atoms with Gasteiger partial charge in [-0.1, -0.05) is 17.8 Å². The smallest absolute Gasteiger partial charge is 0.345 e. The van der Waals surface area contributed by atoms with Gasteiger partial charge < -0.3 is 15.1 Å². The van der Waals surface area contributed by atoms with Gasteiger partial charge in [-0.15, -0.1) is 5.11 Å². The topological polar surface area (TPSA) is 224 Å². The number of hydrogen-bond donors (Lipinski definition) is 5. The number of nitrogens with zero attached hydrogens (tertiary/aromatic N) is 4. The Bertz CT molecular complexity index is 1530. The molecule has 31 heavy (non-hydrogen) atoms. The summed E-state index contributed by atoms with van der Waals surface area (Å²) < 4.78 is 64.4. The molecule has 0 bridgehead atoms. The molecule has 0 radical (unpaired) electrons. The number of carboxylic acid groups (broad SMARTS) is 1. The summed E-state index contributed by atoms with van der Waals surface area (Å²) in [5.74, 6) is -3.50. The first-order chi connectivity index (χ1) is 14.3. The highest BCUT2D eigenvalue weighted by Crippen LogP contribution is 2.41. The van der Waals surface area contributed by atoms with Crippen LogP contribution in [0.25, 0.3) is 15.6 Å². The lowest BCUT2D eigenvalue weighted by molar-refractivity contribution is 0.0692. The molecule has 5 N–H and O–H groups in total. The Balaban J connectivity index is 2.28. The number of carbonyl (C=O) groups is 1. The number of H-pyrrole nitrogens is 1. The molecule has 0 fully saturated rings. The van der Waals surface area contributed by atoms with Gasteiger partial charge in [-0.2, -0.15) is 21.8 Å². The molecule has 0 unspecified atom stereocenters.